The van der Waals surface area contributed by atoms with E-state index in [9.17, 15) is 15.0 Å². The number of phenols is 1. The van der Waals surface area contributed by atoms with E-state index in [2.05, 4.69) is 0 Å². The first-order valence-electron chi connectivity index (χ1n) is 5.24. The number of hydrogen-bond acceptors (Lipinski definition) is 4. The summed E-state index contributed by atoms with van der Waals surface area (Å²) in [6, 6.07) is 4.30. The molecule has 0 saturated heterocycles. The van der Waals surface area contributed by atoms with Gasteiger partial charge in [0.1, 0.15) is 11.3 Å². The zero-order valence-electron chi connectivity index (χ0n) is 10.1. The molecule has 0 spiro atoms. The van der Waals surface area contributed by atoms with Crippen LogP contribution in [0.5, 0.6) is 5.75 Å². The minimum absolute atomic E-state index is 0.185. The summed E-state index contributed by atoms with van der Waals surface area (Å²) >= 11 is 0. The van der Waals surface area contributed by atoms with Gasteiger partial charge in [-0.2, -0.15) is 0 Å². The van der Waals surface area contributed by atoms with Crippen molar-refractivity contribution in [3.05, 3.63) is 29.3 Å². The van der Waals surface area contributed by atoms with E-state index < -0.39 is 18.0 Å². The second kappa shape index (κ2) is 7.29. The Morgan fingerprint density at radius 3 is 2.17 bits per heavy atom. The van der Waals surface area contributed by atoms with Gasteiger partial charge in [0.25, 0.3) is 5.97 Å². The van der Waals surface area contributed by atoms with Gasteiger partial charge in [-0.25, -0.2) is 4.79 Å². The van der Waals surface area contributed by atoms with Gasteiger partial charge in [-0.3, -0.25) is 4.79 Å². The smallest absolute Gasteiger partial charge is 0.339 e. The van der Waals surface area contributed by atoms with Crippen LogP contribution >= 0.6 is 0 Å². The van der Waals surface area contributed by atoms with E-state index in [1.807, 2.05) is 0 Å². The third-order valence-corrected chi connectivity index (χ3v) is 2.04. The van der Waals surface area contributed by atoms with E-state index in [0.717, 1.165) is 6.92 Å². The third kappa shape index (κ3) is 4.84. The van der Waals surface area contributed by atoms with E-state index in [1.54, 1.807) is 6.92 Å². The van der Waals surface area contributed by atoms with Crippen molar-refractivity contribution in [2.75, 3.05) is 0 Å². The first-order valence-corrected chi connectivity index (χ1v) is 5.24. The van der Waals surface area contributed by atoms with Gasteiger partial charge in [-0.05, 0) is 12.5 Å². The number of para-hydroxylation sites is 1. The van der Waals surface area contributed by atoms with Gasteiger partial charge in [0.2, 0.25) is 0 Å². The summed E-state index contributed by atoms with van der Waals surface area (Å²) in [7, 11) is 0. The molecule has 0 aliphatic heterocycles. The molecule has 1 atom stereocenters. The topological polar surface area (TPSA) is 115 Å². The van der Waals surface area contributed by atoms with Crippen LogP contribution in [0.15, 0.2) is 18.2 Å². The molecular weight excluding hydrogens is 240 g/mol. The number of carbonyl (C=O) groups is 2. The average molecular weight is 256 g/mol. The maximum absolute atomic E-state index is 10.6. The van der Waals surface area contributed by atoms with Crippen molar-refractivity contribution in [1.82, 2.24) is 0 Å². The van der Waals surface area contributed by atoms with Crippen LogP contribution in [-0.2, 0) is 4.79 Å². The summed E-state index contributed by atoms with van der Waals surface area (Å²) in [6.45, 7) is 2.83. The number of carboxylic acids is 2. The van der Waals surface area contributed by atoms with E-state index in [0.29, 0.717) is 6.42 Å². The molecule has 0 aliphatic carbocycles. The van der Waals surface area contributed by atoms with Crippen molar-refractivity contribution >= 4 is 11.9 Å². The fraction of sp³-hybridized carbons (Fsp3) is 0.333. The van der Waals surface area contributed by atoms with E-state index in [4.69, 9.17) is 15.0 Å². The average Bonchev–Trinajstić information content (AvgIpc) is 2.27. The Labute approximate surface area is 104 Å². The molecule has 0 amide bonds. The van der Waals surface area contributed by atoms with Crippen LogP contribution in [0.2, 0.25) is 0 Å². The molecule has 100 valence electrons. The number of hydrogen-bond donors (Lipinski definition) is 4. The standard InChI is InChI=1S/C10H12O4.C2H4O2/c1-2-8(11)6-4-3-5-7(9(6)12)10(13)14;1-2(3)4/h3-5,8,11-12H,2H2,1H3,(H,13,14);1H3,(H,3,4). The zero-order chi connectivity index (χ0) is 14.3. The Kier molecular flexibility index (Phi) is 6.44. The second-order valence-electron chi connectivity index (χ2n) is 3.49. The highest BCUT2D eigenvalue weighted by molar-refractivity contribution is 5.91. The normalized spacial score (nSPS) is 11.1. The number of rotatable bonds is 3. The number of aliphatic hydroxyl groups excluding tert-OH is 1. The predicted molar refractivity (Wildman–Crippen MR) is 63.6 cm³/mol. The maximum atomic E-state index is 10.6. The van der Waals surface area contributed by atoms with E-state index in [1.165, 1.54) is 18.2 Å². The fourth-order valence-corrected chi connectivity index (χ4v) is 1.22. The first kappa shape index (κ1) is 15.9. The van der Waals surface area contributed by atoms with Crippen molar-refractivity contribution in [3.8, 4) is 5.75 Å². The van der Waals surface area contributed by atoms with Gasteiger partial charge in [-0.1, -0.05) is 19.1 Å². The van der Waals surface area contributed by atoms with Gasteiger partial charge in [0.15, 0.2) is 0 Å². The van der Waals surface area contributed by atoms with Gasteiger partial charge in [-0.15, -0.1) is 0 Å². The molecule has 0 saturated carbocycles. The van der Waals surface area contributed by atoms with Gasteiger partial charge in [0.05, 0.1) is 6.10 Å². The molecule has 1 aromatic rings. The second-order valence-corrected chi connectivity index (χ2v) is 3.49. The molecule has 0 fully saturated rings. The highest BCUT2D eigenvalue weighted by atomic mass is 16.4. The Morgan fingerprint density at radius 1 is 1.28 bits per heavy atom. The predicted octanol–water partition coefficient (Wildman–Crippen LogP) is 1.62. The third-order valence-electron chi connectivity index (χ3n) is 2.04. The largest absolute Gasteiger partial charge is 0.507 e. The van der Waals surface area contributed by atoms with Crippen molar-refractivity contribution < 1.29 is 30.0 Å². The van der Waals surface area contributed by atoms with Crippen LogP contribution in [0.3, 0.4) is 0 Å². The maximum Gasteiger partial charge on any atom is 0.339 e. The van der Waals surface area contributed by atoms with Crippen molar-refractivity contribution in [2.24, 2.45) is 0 Å². The van der Waals surface area contributed by atoms with Crippen molar-refractivity contribution in [1.29, 1.82) is 0 Å². The van der Waals surface area contributed by atoms with Crippen LogP contribution in [0.4, 0.5) is 0 Å². The van der Waals surface area contributed by atoms with Gasteiger partial charge < -0.3 is 20.4 Å². The van der Waals surface area contributed by atoms with E-state index in [-0.39, 0.29) is 16.9 Å². The molecule has 0 heterocycles. The number of aliphatic carboxylic acids is 1. The zero-order valence-corrected chi connectivity index (χ0v) is 10.1. The van der Waals surface area contributed by atoms with Crippen LogP contribution in [0.1, 0.15) is 42.3 Å². The summed E-state index contributed by atoms with van der Waals surface area (Å²) < 4.78 is 0. The highest BCUT2D eigenvalue weighted by Gasteiger charge is 2.16. The minimum Gasteiger partial charge on any atom is -0.507 e. The molecule has 4 N–H and O–H groups in total. The molecule has 1 rings (SSSR count). The fourth-order valence-electron chi connectivity index (χ4n) is 1.22. The summed E-state index contributed by atoms with van der Waals surface area (Å²) in [5.74, 6) is -2.39. The lowest BCUT2D eigenvalue weighted by Gasteiger charge is -2.11. The summed E-state index contributed by atoms with van der Waals surface area (Å²) in [6.07, 6.45) is -0.398. The quantitative estimate of drug-likeness (QED) is 0.653. The molecule has 6 heteroatoms. The lowest BCUT2D eigenvalue weighted by Crippen LogP contribution is -2.02. The first-order chi connectivity index (χ1) is 8.31. The molecule has 18 heavy (non-hydrogen) atoms. The SMILES string of the molecule is CC(=O)O.CCC(O)c1cccc(C(=O)O)c1O. The van der Waals surface area contributed by atoms with Crippen LogP contribution in [-0.4, -0.2) is 32.4 Å². The van der Waals surface area contributed by atoms with E-state index >= 15 is 0 Å². The summed E-state index contributed by atoms with van der Waals surface area (Å²) in [5, 5.41) is 35.1. The monoisotopic (exact) mass is 256 g/mol. The summed E-state index contributed by atoms with van der Waals surface area (Å²) in [5.41, 5.74) is 0.0717. The number of benzene rings is 1. The number of aliphatic hydroxyl groups is 1. The molecule has 0 aromatic heterocycles. The highest BCUT2D eigenvalue weighted by Crippen LogP contribution is 2.29. The molecule has 1 aromatic carbocycles. The molecule has 6 nitrogen and oxygen atoms in total. The molecule has 0 bridgehead atoms. The summed E-state index contributed by atoms with van der Waals surface area (Å²) in [4.78, 5) is 19.6. The number of aromatic carboxylic acids is 1. The molecular formula is C12H16O6. The van der Waals surface area contributed by atoms with Crippen molar-refractivity contribution in [3.63, 3.8) is 0 Å². The Morgan fingerprint density at radius 2 is 1.78 bits per heavy atom. The molecule has 0 radical (unpaired) electrons. The number of aromatic hydroxyl groups is 1. The molecule has 0 aliphatic rings. The Balaban J connectivity index is 0.000000631. The van der Waals surface area contributed by atoms with Gasteiger partial charge >= 0.3 is 5.97 Å². The minimum atomic E-state index is -1.20. The lowest BCUT2D eigenvalue weighted by atomic mass is 10.0. The van der Waals surface area contributed by atoms with Crippen molar-refractivity contribution in [2.45, 2.75) is 26.4 Å². The Hall–Kier alpha value is -2.08. The number of carboxylic acid groups (broad SMARTS) is 2. The molecule has 1 unspecified atom stereocenters. The van der Waals surface area contributed by atoms with Gasteiger partial charge in [0, 0.05) is 12.5 Å². The van der Waals surface area contributed by atoms with Crippen LogP contribution in [0.25, 0.3) is 0 Å². The van der Waals surface area contributed by atoms with Crippen LogP contribution in [0, 0.1) is 0 Å². The van der Waals surface area contributed by atoms with Crippen LogP contribution < -0.4 is 0 Å². The Bertz CT molecular complexity index is 423. The lowest BCUT2D eigenvalue weighted by molar-refractivity contribution is -0.134.